The minimum absolute atomic E-state index is 0.503. The number of ether oxygens (including phenoxy) is 1. The van der Waals surface area contributed by atoms with Gasteiger partial charge in [-0.2, -0.15) is 0 Å². The number of carbonyl (C=O) groups excluding carboxylic acids is 1. The van der Waals surface area contributed by atoms with E-state index in [-0.39, 0.29) is 0 Å². The topological polar surface area (TPSA) is 26.3 Å². The molecule has 0 spiro atoms. The van der Waals surface area contributed by atoms with Crippen LogP contribution in [0.25, 0.3) is 0 Å². The molecule has 6 heteroatoms. The highest BCUT2D eigenvalue weighted by Crippen LogP contribution is 2.42. The van der Waals surface area contributed by atoms with E-state index in [9.17, 15) is 4.79 Å². The zero-order valence-electron chi connectivity index (χ0n) is 8.22. The maximum Gasteiger partial charge on any atom is 0.303 e. The smallest absolute Gasteiger partial charge is 0.303 e. The van der Waals surface area contributed by atoms with Crippen LogP contribution in [0.1, 0.15) is 18.6 Å². The molecule has 0 bridgehead atoms. The van der Waals surface area contributed by atoms with Gasteiger partial charge in [0.25, 0.3) is 0 Å². The molecule has 0 aliphatic heterocycles. The third-order valence-electron chi connectivity index (χ3n) is 1.73. The van der Waals surface area contributed by atoms with E-state index in [1.165, 1.54) is 6.92 Å². The van der Waals surface area contributed by atoms with Crippen LogP contribution in [0.5, 0.6) is 0 Å². The molecule has 88 valence electrons. The monoisotopic (exact) mass is 344 g/mol. The second kappa shape index (κ2) is 5.58. The van der Waals surface area contributed by atoms with Gasteiger partial charge in [-0.1, -0.05) is 62.9 Å². The Balaban J connectivity index is 3.06. The zero-order chi connectivity index (χ0) is 12.3. The lowest BCUT2D eigenvalue weighted by molar-refractivity contribution is -0.146. The second-order valence-electron chi connectivity index (χ2n) is 3.09. The fraction of sp³-hybridized carbons (Fsp3) is 0.300. The largest absolute Gasteiger partial charge is 0.453 e. The van der Waals surface area contributed by atoms with Crippen molar-refractivity contribution in [2.75, 3.05) is 0 Å². The van der Waals surface area contributed by atoms with Crippen LogP contribution in [0.4, 0.5) is 0 Å². The van der Waals surface area contributed by atoms with E-state index in [0.717, 1.165) is 4.47 Å². The van der Waals surface area contributed by atoms with Crippen molar-refractivity contribution in [3.05, 3.63) is 34.3 Å². The van der Waals surface area contributed by atoms with E-state index in [2.05, 4.69) is 15.9 Å². The Morgan fingerprint density at radius 3 is 2.50 bits per heavy atom. The molecular formula is C10H8BrCl3O2. The SMILES string of the molecule is CC(=O)OC(c1cccc(Br)c1)C(Cl)(Cl)Cl. The Kier molecular flexibility index (Phi) is 4.92. The van der Waals surface area contributed by atoms with E-state index >= 15 is 0 Å². The van der Waals surface area contributed by atoms with E-state index in [0.29, 0.717) is 5.56 Å². The molecule has 1 atom stereocenters. The van der Waals surface area contributed by atoms with Crippen molar-refractivity contribution in [2.45, 2.75) is 16.8 Å². The maximum absolute atomic E-state index is 10.9. The molecule has 1 aromatic carbocycles. The fourth-order valence-corrected chi connectivity index (χ4v) is 2.09. The molecule has 0 saturated carbocycles. The van der Waals surface area contributed by atoms with Gasteiger partial charge in [-0.25, -0.2) is 0 Å². The van der Waals surface area contributed by atoms with Crippen LogP contribution in [0, 0.1) is 0 Å². The molecular weight excluding hydrogens is 338 g/mol. The first-order chi connectivity index (χ1) is 7.30. The Hall–Kier alpha value is 0.0400. The van der Waals surface area contributed by atoms with Crippen LogP contribution in [0.3, 0.4) is 0 Å². The molecule has 0 fully saturated rings. The van der Waals surface area contributed by atoms with E-state index in [1.807, 2.05) is 6.07 Å². The molecule has 2 nitrogen and oxygen atoms in total. The Bertz CT molecular complexity index is 390. The van der Waals surface area contributed by atoms with Gasteiger partial charge in [-0.05, 0) is 17.7 Å². The number of hydrogen-bond acceptors (Lipinski definition) is 2. The van der Waals surface area contributed by atoms with E-state index in [4.69, 9.17) is 39.5 Å². The van der Waals surface area contributed by atoms with E-state index < -0.39 is 15.9 Å². The number of esters is 1. The highest BCUT2D eigenvalue weighted by molar-refractivity contribution is 9.10. The molecule has 16 heavy (non-hydrogen) atoms. The van der Waals surface area contributed by atoms with Gasteiger partial charge < -0.3 is 4.74 Å². The van der Waals surface area contributed by atoms with Gasteiger partial charge in [-0.15, -0.1) is 0 Å². The highest BCUT2D eigenvalue weighted by atomic mass is 79.9. The molecule has 0 saturated heterocycles. The summed E-state index contributed by atoms with van der Waals surface area (Å²) < 4.78 is 4.11. The molecule has 1 unspecified atom stereocenters. The molecule has 1 rings (SSSR count). The van der Waals surface area contributed by atoms with Crippen molar-refractivity contribution < 1.29 is 9.53 Å². The zero-order valence-corrected chi connectivity index (χ0v) is 12.1. The van der Waals surface area contributed by atoms with Crippen LogP contribution in [-0.4, -0.2) is 9.76 Å². The molecule has 0 aliphatic rings. The first kappa shape index (κ1) is 14.1. The van der Waals surface area contributed by atoms with Crippen molar-refractivity contribution in [1.29, 1.82) is 0 Å². The summed E-state index contributed by atoms with van der Waals surface area (Å²) in [6.07, 6.45) is -0.924. The molecule has 0 heterocycles. The summed E-state index contributed by atoms with van der Waals surface area (Å²) in [5.74, 6) is -0.503. The first-order valence-electron chi connectivity index (χ1n) is 4.30. The molecule has 1 aromatic rings. The predicted octanol–water partition coefficient (Wildman–Crippen LogP) is 4.42. The Labute approximate surface area is 117 Å². The average Bonchev–Trinajstić information content (AvgIpc) is 2.12. The Morgan fingerprint density at radius 1 is 1.44 bits per heavy atom. The number of carbonyl (C=O) groups is 1. The van der Waals surface area contributed by atoms with Gasteiger partial charge >= 0.3 is 5.97 Å². The molecule has 0 aliphatic carbocycles. The van der Waals surface area contributed by atoms with Crippen molar-refractivity contribution in [3.8, 4) is 0 Å². The standard InChI is InChI=1S/C10H8BrCl3O2/c1-6(15)16-9(10(12,13)14)7-3-2-4-8(11)5-7/h2-5,9H,1H3. The fourth-order valence-electron chi connectivity index (χ4n) is 1.16. The molecule has 0 aromatic heterocycles. The van der Waals surface area contributed by atoms with Gasteiger partial charge in [0, 0.05) is 11.4 Å². The average molecular weight is 346 g/mol. The predicted molar refractivity (Wildman–Crippen MR) is 68.9 cm³/mol. The number of hydrogen-bond donors (Lipinski definition) is 0. The third kappa shape index (κ3) is 4.13. The first-order valence-corrected chi connectivity index (χ1v) is 6.23. The Morgan fingerprint density at radius 2 is 2.06 bits per heavy atom. The van der Waals surface area contributed by atoms with Crippen molar-refractivity contribution in [2.24, 2.45) is 0 Å². The van der Waals surface area contributed by atoms with Crippen LogP contribution >= 0.6 is 50.7 Å². The number of halogens is 4. The van der Waals surface area contributed by atoms with Crippen molar-refractivity contribution >= 4 is 56.7 Å². The summed E-state index contributed by atoms with van der Waals surface area (Å²) in [7, 11) is 0. The lowest BCUT2D eigenvalue weighted by atomic mass is 10.1. The minimum Gasteiger partial charge on any atom is -0.453 e. The van der Waals surface area contributed by atoms with Gasteiger partial charge in [0.2, 0.25) is 3.79 Å². The van der Waals surface area contributed by atoms with Crippen molar-refractivity contribution in [3.63, 3.8) is 0 Å². The maximum atomic E-state index is 10.9. The van der Waals surface area contributed by atoms with Crippen LogP contribution in [0.2, 0.25) is 0 Å². The quantitative estimate of drug-likeness (QED) is 0.585. The van der Waals surface area contributed by atoms with Crippen LogP contribution in [-0.2, 0) is 9.53 Å². The van der Waals surface area contributed by atoms with Gasteiger partial charge in [0.15, 0.2) is 6.10 Å². The summed E-state index contributed by atoms with van der Waals surface area (Å²) in [4.78, 5) is 10.9. The summed E-state index contributed by atoms with van der Waals surface area (Å²) in [5, 5.41) is 0. The molecule has 0 amide bonds. The summed E-state index contributed by atoms with van der Waals surface area (Å²) >= 11 is 20.6. The van der Waals surface area contributed by atoms with E-state index in [1.54, 1.807) is 18.2 Å². The van der Waals surface area contributed by atoms with Gasteiger partial charge in [-0.3, -0.25) is 4.79 Å². The highest BCUT2D eigenvalue weighted by Gasteiger charge is 2.36. The second-order valence-corrected chi connectivity index (χ2v) is 6.37. The number of alkyl halides is 3. The summed E-state index contributed by atoms with van der Waals surface area (Å²) in [6, 6.07) is 7.05. The summed E-state index contributed by atoms with van der Waals surface area (Å²) in [6.45, 7) is 1.27. The third-order valence-corrected chi connectivity index (χ3v) is 2.82. The summed E-state index contributed by atoms with van der Waals surface area (Å²) in [5.41, 5.74) is 0.615. The molecule has 0 radical (unpaired) electrons. The number of rotatable bonds is 2. The normalized spacial score (nSPS) is 13.3. The lowest BCUT2D eigenvalue weighted by Crippen LogP contribution is -2.22. The van der Waals surface area contributed by atoms with Crippen LogP contribution < -0.4 is 0 Å². The van der Waals surface area contributed by atoms with Crippen molar-refractivity contribution in [1.82, 2.24) is 0 Å². The lowest BCUT2D eigenvalue weighted by Gasteiger charge is -2.24. The van der Waals surface area contributed by atoms with Crippen LogP contribution in [0.15, 0.2) is 28.7 Å². The number of benzene rings is 1. The van der Waals surface area contributed by atoms with Gasteiger partial charge in [0.1, 0.15) is 0 Å². The molecule has 0 N–H and O–H groups in total. The minimum atomic E-state index is -1.70. The van der Waals surface area contributed by atoms with Gasteiger partial charge in [0.05, 0.1) is 0 Å².